The van der Waals surface area contributed by atoms with Gasteiger partial charge in [-0.1, -0.05) is 65.6 Å². The molecule has 2 aromatic heterocycles. The Morgan fingerprint density at radius 1 is 1.10 bits per heavy atom. The molecular formula is C21H17N3O4S2. The number of carbonyl (C=O) groups is 2. The molecule has 0 radical (unpaired) electrons. The number of thioether (sulfide) groups is 1. The summed E-state index contributed by atoms with van der Waals surface area (Å²) >= 11 is 2.28. The fourth-order valence-electron chi connectivity index (χ4n) is 2.70. The number of nitrogens with zero attached hydrogens (tertiary/aromatic N) is 2. The minimum Gasteiger partial charge on any atom is -0.462 e. The minimum absolute atomic E-state index is 0.0990. The van der Waals surface area contributed by atoms with E-state index in [2.05, 4.69) is 15.3 Å². The molecule has 1 amide bonds. The number of amides is 1. The second kappa shape index (κ2) is 9.10. The first kappa shape index (κ1) is 20.1. The largest absolute Gasteiger partial charge is 0.462 e. The Morgan fingerprint density at radius 2 is 1.87 bits per heavy atom. The first-order valence-corrected chi connectivity index (χ1v) is 11.0. The van der Waals surface area contributed by atoms with Gasteiger partial charge in [0.15, 0.2) is 10.7 Å². The summed E-state index contributed by atoms with van der Waals surface area (Å²) in [7, 11) is 0. The smallest absolute Gasteiger partial charge is 0.350 e. The number of rotatable bonds is 7. The standard InChI is InChI=1S/C21H17N3O4S2/c1-2-27-19(26)18-17(13-8-4-3-5-9-13)24-20(30-18)23-16(25)12-29-21-22-14-10-6-7-11-15(14)28-21/h3-11H,2,12H2,1H3,(H,23,24,25). The van der Waals surface area contributed by atoms with Crippen LogP contribution in [0.25, 0.3) is 22.4 Å². The average molecular weight is 440 g/mol. The number of esters is 1. The quantitative estimate of drug-likeness (QED) is 0.325. The maximum Gasteiger partial charge on any atom is 0.350 e. The zero-order valence-electron chi connectivity index (χ0n) is 16.0. The first-order valence-electron chi connectivity index (χ1n) is 9.15. The first-order chi connectivity index (χ1) is 14.6. The van der Waals surface area contributed by atoms with Crippen molar-refractivity contribution < 1.29 is 18.7 Å². The maximum atomic E-state index is 12.4. The fourth-order valence-corrected chi connectivity index (χ4v) is 4.23. The lowest BCUT2D eigenvalue weighted by molar-refractivity contribution is -0.113. The number of anilines is 1. The normalized spacial score (nSPS) is 10.8. The summed E-state index contributed by atoms with van der Waals surface area (Å²) in [5.74, 6) is -0.636. The summed E-state index contributed by atoms with van der Waals surface area (Å²) in [5, 5.41) is 3.50. The van der Waals surface area contributed by atoms with Gasteiger partial charge in [-0.05, 0) is 19.1 Å². The van der Waals surface area contributed by atoms with Crippen LogP contribution in [0.5, 0.6) is 0 Å². The number of para-hydroxylation sites is 2. The van der Waals surface area contributed by atoms with Crippen LogP contribution in [0.1, 0.15) is 16.6 Å². The highest BCUT2D eigenvalue weighted by Gasteiger charge is 2.21. The van der Waals surface area contributed by atoms with E-state index in [1.54, 1.807) is 6.92 Å². The molecule has 0 unspecified atom stereocenters. The molecule has 2 heterocycles. The Morgan fingerprint density at radius 3 is 2.63 bits per heavy atom. The molecule has 0 spiro atoms. The Labute approximate surface area is 180 Å². The number of oxazole rings is 1. The van der Waals surface area contributed by atoms with E-state index in [9.17, 15) is 9.59 Å². The number of thiazole rings is 1. The minimum atomic E-state index is -0.463. The Kier molecular flexibility index (Phi) is 6.10. The van der Waals surface area contributed by atoms with Crippen LogP contribution in [0.15, 0.2) is 64.2 Å². The molecule has 30 heavy (non-hydrogen) atoms. The summed E-state index contributed by atoms with van der Waals surface area (Å²) in [6, 6.07) is 16.7. The van der Waals surface area contributed by atoms with E-state index in [1.807, 2.05) is 54.6 Å². The van der Waals surface area contributed by atoms with Crippen LogP contribution in [0.2, 0.25) is 0 Å². The van der Waals surface area contributed by atoms with Crippen LogP contribution in [-0.4, -0.2) is 34.2 Å². The van der Waals surface area contributed by atoms with Gasteiger partial charge in [-0.3, -0.25) is 4.79 Å². The van der Waals surface area contributed by atoms with Gasteiger partial charge in [0.2, 0.25) is 5.91 Å². The number of nitrogens with one attached hydrogen (secondary N) is 1. The molecule has 0 aliphatic heterocycles. The second-order valence-electron chi connectivity index (χ2n) is 6.07. The average Bonchev–Trinajstić information content (AvgIpc) is 3.37. The van der Waals surface area contributed by atoms with Crippen molar-refractivity contribution in [2.45, 2.75) is 12.1 Å². The summed E-state index contributed by atoms with van der Waals surface area (Å²) < 4.78 is 10.7. The van der Waals surface area contributed by atoms with Crippen molar-refractivity contribution in [3.8, 4) is 11.3 Å². The van der Waals surface area contributed by atoms with E-state index in [-0.39, 0.29) is 18.3 Å². The molecule has 152 valence electrons. The summed E-state index contributed by atoms with van der Waals surface area (Å²) in [4.78, 5) is 33.9. The number of benzene rings is 2. The van der Waals surface area contributed by atoms with Crippen molar-refractivity contribution in [1.82, 2.24) is 9.97 Å². The number of ether oxygens (including phenoxy) is 1. The Hall–Kier alpha value is -3.17. The zero-order valence-corrected chi connectivity index (χ0v) is 17.6. The fraction of sp³-hybridized carbons (Fsp3) is 0.143. The number of carbonyl (C=O) groups excluding carboxylic acids is 2. The van der Waals surface area contributed by atoms with Gasteiger partial charge in [-0.25, -0.2) is 14.8 Å². The number of fused-ring (bicyclic) bond motifs is 1. The van der Waals surface area contributed by atoms with E-state index in [4.69, 9.17) is 9.15 Å². The van der Waals surface area contributed by atoms with Gasteiger partial charge in [0.1, 0.15) is 10.4 Å². The second-order valence-corrected chi connectivity index (χ2v) is 7.99. The lowest BCUT2D eigenvalue weighted by Gasteiger charge is -2.01. The maximum absolute atomic E-state index is 12.4. The van der Waals surface area contributed by atoms with Crippen molar-refractivity contribution in [3.63, 3.8) is 0 Å². The van der Waals surface area contributed by atoms with Crippen LogP contribution in [0, 0.1) is 0 Å². The molecule has 0 atom stereocenters. The monoisotopic (exact) mass is 439 g/mol. The van der Waals surface area contributed by atoms with Crippen LogP contribution in [0.3, 0.4) is 0 Å². The number of aromatic nitrogens is 2. The third kappa shape index (κ3) is 4.52. The van der Waals surface area contributed by atoms with Crippen molar-refractivity contribution in [1.29, 1.82) is 0 Å². The Bertz CT molecular complexity index is 1150. The van der Waals surface area contributed by atoms with Crippen molar-refractivity contribution >= 4 is 51.2 Å². The van der Waals surface area contributed by atoms with Crippen molar-refractivity contribution in [3.05, 3.63) is 59.5 Å². The molecule has 0 aliphatic rings. The molecule has 0 saturated heterocycles. The van der Waals surface area contributed by atoms with Gasteiger partial charge in [-0.2, -0.15) is 0 Å². The van der Waals surface area contributed by atoms with E-state index < -0.39 is 5.97 Å². The highest BCUT2D eigenvalue weighted by atomic mass is 32.2. The summed E-state index contributed by atoms with van der Waals surface area (Å²) in [6.45, 7) is 2.00. The van der Waals surface area contributed by atoms with Gasteiger partial charge >= 0.3 is 5.97 Å². The zero-order chi connectivity index (χ0) is 20.9. The van der Waals surface area contributed by atoms with Gasteiger partial charge in [0, 0.05) is 5.56 Å². The van der Waals surface area contributed by atoms with E-state index in [1.165, 1.54) is 11.8 Å². The van der Waals surface area contributed by atoms with Gasteiger partial charge < -0.3 is 14.5 Å². The predicted molar refractivity (Wildman–Crippen MR) is 117 cm³/mol. The molecule has 7 nitrogen and oxygen atoms in total. The number of hydrogen-bond acceptors (Lipinski definition) is 8. The molecule has 2 aromatic carbocycles. The Balaban J connectivity index is 1.47. The third-order valence-electron chi connectivity index (χ3n) is 3.98. The highest BCUT2D eigenvalue weighted by molar-refractivity contribution is 7.99. The number of hydrogen-bond donors (Lipinski definition) is 1. The van der Waals surface area contributed by atoms with E-state index in [0.717, 1.165) is 22.4 Å². The summed E-state index contributed by atoms with van der Waals surface area (Å²) in [5.41, 5.74) is 2.68. The van der Waals surface area contributed by atoms with Gasteiger partial charge in [0.05, 0.1) is 18.1 Å². The van der Waals surface area contributed by atoms with E-state index >= 15 is 0 Å². The van der Waals surface area contributed by atoms with Crippen molar-refractivity contribution in [2.75, 3.05) is 17.7 Å². The molecule has 0 aliphatic carbocycles. The molecule has 9 heteroatoms. The van der Waals surface area contributed by atoms with Crippen LogP contribution < -0.4 is 5.32 Å². The molecule has 0 fully saturated rings. The summed E-state index contributed by atoms with van der Waals surface area (Å²) in [6.07, 6.45) is 0. The lowest BCUT2D eigenvalue weighted by Crippen LogP contribution is -2.13. The van der Waals surface area contributed by atoms with Gasteiger partial charge in [-0.15, -0.1) is 0 Å². The lowest BCUT2D eigenvalue weighted by atomic mass is 10.1. The molecule has 4 aromatic rings. The molecule has 0 saturated carbocycles. The van der Waals surface area contributed by atoms with E-state index in [0.29, 0.717) is 26.5 Å². The molecule has 4 rings (SSSR count). The third-order valence-corrected chi connectivity index (χ3v) is 5.76. The molecule has 1 N–H and O–H groups in total. The van der Waals surface area contributed by atoms with Gasteiger partial charge in [0.25, 0.3) is 5.22 Å². The van der Waals surface area contributed by atoms with Crippen LogP contribution in [-0.2, 0) is 9.53 Å². The van der Waals surface area contributed by atoms with Crippen LogP contribution in [0.4, 0.5) is 5.13 Å². The predicted octanol–water partition coefficient (Wildman–Crippen LogP) is 4.86. The molecule has 0 bridgehead atoms. The highest BCUT2D eigenvalue weighted by Crippen LogP contribution is 2.32. The topological polar surface area (TPSA) is 94.3 Å². The SMILES string of the molecule is CCOC(=O)c1sc(NC(=O)CSc2nc3ccccc3o2)nc1-c1ccccc1. The van der Waals surface area contributed by atoms with Crippen molar-refractivity contribution in [2.24, 2.45) is 0 Å². The van der Waals surface area contributed by atoms with Crippen LogP contribution >= 0.6 is 23.1 Å². The molecular weight excluding hydrogens is 422 g/mol.